The van der Waals surface area contributed by atoms with E-state index in [9.17, 15) is 9.59 Å². The van der Waals surface area contributed by atoms with Crippen LogP contribution in [0.5, 0.6) is 0 Å². The maximum atomic E-state index is 12.0. The molecule has 2 aromatic rings. The van der Waals surface area contributed by atoms with Crippen molar-refractivity contribution in [3.05, 3.63) is 42.5 Å². The number of hydrazine groups is 1. The van der Waals surface area contributed by atoms with Crippen molar-refractivity contribution in [1.82, 2.24) is 10.4 Å². The van der Waals surface area contributed by atoms with Crippen molar-refractivity contribution in [2.45, 2.75) is 0 Å². The fourth-order valence-corrected chi connectivity index (χ4v) is 3.03. The van der Waals surface area contributed by atoms with Crippen LogP contribution in [0.15, 0.2) is 42.5 Å². The molecule has 0 unspecified atom stereocenters. The van der Waals surface area contributed by atoms with E-state index >= 15 is 0 Å². The lowest BCUT2D eigenvalue weighted by Gasteiger charge is -2.17. The molecular formula is C14H11N3O2S2. The van der Waals surface area contributed by atoms with Crippen molar-refractivity contribution in [1.29, 1.82) is 0 Å². The highest BCUT2D eigenvalue weighted by atomic mass is 32.2. The van der Waals surface area contributed by atoms with Gasteiger partial charge >= 0.3 is 6.03 Å². The smallest absolute Gasteiger partial charge is 0.306 e. The van der Waals surface area contributed by atoms with Crippen molar-refractivity contribution in [3.8, 4) is 0 Å². The second kappa shape index (κ2) is 5.71. The fraction of sp³-hybridized carbons (Fsp3) is 0.0714. The number of thioether (sulfide) groups is 1. The Balaban J connectivity index is 1.78. The molecule has 0 aliphatic carbocycles. The van der Waals surface area contributed by atoms with Gasteiger partial charge in [-0.2, -0.15) is 0 Å². The van der Waals surface area contributed by atoms with Crippen LogP contribution >= 0.6 is 24.0 Å². The maximum absolute atomic E-state index is 12.0. The Kier molecular flexibility index (Phi) is 3.76. The van der Waals surface area contributed by atoms with Crippen molar-refractivity contribution >= 4 is 56.7 Å². The quantitative estimate of drug-likeness (QED) is 0.836. The van der Waals surface area contributed by atoms with Crippen LogP contribution in [0.1, 0.15) is 0 Å². The Morgan fingerprint density at radius 3 is 2.71 bits per heavy atom. The molecule has 2 N–H and O–H groups in total. The first-order chi connectivity index (χ1) is 10.1. The third-order valence-corrected chi connectivity index (χ3v) is 4.36. The predicted molar refractivity (Wildman–Crippen MR) is 88.0 cm³/mol. The zero-order valence-corrected chi connectivity index (χ0v) is 12.5. The van der Waals surface area contributed by atoms with Crippen LogP contribution in [0.4, 0.5) is 10.5 Å². The molecule has 106 valence electrons. The summed E-state index contributed by atoms with van der Waals surface area (Å²) in [5.41, 5.74) is 3.14. The number of nitrogens with zero attached hydrogens (tertiary/aromatic N) is 1. The molecule has 0 aromatic heterocycles. The minimum Gasteiger partial charge on any atom is -0.306 e. The van der Waals surface area contributed by atoms with E-state index < -0.39 is 6.03 Å². The number of carbonyl (C=O) groups is 2. The van der Waals surface area contributed by atoms with Crippen LogP contribution in [0, 0.1) is 0 Å². The van der Waals surface area contributed by atoms with Crippen LogP contribution in [-0.2, 0) is 4.79 Å². The van der Waals surface area contributed by atoms with Gasteiger partial charge in [0.2, 0.25) is 0 Å². The summed E-state index contributed by atoms with van der Waals surface area (Å²) in [7, 11) is 0. The molecule has 5 nitrogen and oxygen atoms in total. The number of amides is 3. The average Bonchev–Trinajstić information content (AvgIpc) is 2.79. The first-order valence-corrected chi connectivity index (χ1v) is 7.59. The average molecular weight is 317 g/mol. The molecule has 2 aromatic carbocycles. The highest BCUT2D eigenvalue weighted by Crippen LogP contribution is 2.23. The molecule has 21 heavy (non-hydrogen) atoms. The lowest BCUT2D eigenvalue weighted by molar-refractivity contribution is -0.125. The Hall–Kier alpha value is -2.12. The molecule has 1 heterocycles. The van der Waals surface area contributed by atoms with E-state index in [0.717, 1.165) is 15.8 Å². The van der Waals surface area contributed by atoms with Gasteiger partial charge in [-0.15, -0.1) is 0 Å². The largest absolute Gasteiger partial charge is 0.338 e. The van der Waals surface area contributed by atoms with E-state index in [0.29, 0.717) is 10.0 Å². The van der Waals surface area contributed by atoms with E-state index in [1.54, 1.807) is 6.07 Å². The van der Waals surface area contributed by atoms with Crippen molar-refractivity contribution in [3.63, 3.8) is 0 Å². The van der Waals surface area contributed by atoms with E-state index in [-0.39, 0.29) is 11.7 Å². The summed E-state index contributed by atoms with van der Waals surface area (Å²) < 4.78 is 0.355. The van der Waals surface area contributed by atoms with E-state index in [1.165, 1.54) is 11.8 Å². The van der Waals surface area contributed by atoms with Gasteiger partial charge in [-0.3, -0.25) is 4.79 Å². The van der Waals surface area contributed by atoms with Crippen molar-refractivity contribution < 1.29 is 9.59 Å². The summed E-state index contributed by atoms with van der Waals surface area (Å²) in [6, 6.07) is 12.9. The number of rotatable bonds is 2. The van der Waals surface area contributed by atoms with Crippen LogP contribution in [-0.4, -0.2) is 27.0 Å². The minimum atomic E-state index is -0.496. The Bertz CT molecular complexity index is 727. The number of thiocarbonyl (C=S) groups is 1. The van der Waals surface area contributed by atoms with Crippen LogP contribution in [0.3, 0.4) is 0 Å². The molecular weight excluding hydrogens is 306 g/mol. The van der Waals surface area contributed by atoms with E-state index in [4.69, 9.17) is 12.2 Å². The lowest BCUT2D eigenvalue weighted by atomic mass is 10.1. The number of hydrogen-bond donors (Lipinski definition) is 2. The van der Waals surface area contributed by atoms with Gasteiger partial charge in [0.05, 0.1) is 11.4 Å². The number of carbonyl (C=O) groups excluding carboxylic acids is 2. The van der Waals surface area contributed by atoms with E-state index in [2.05, 4.69) is 10.7 Å². The van der Waals surface area contributed by atoms with Crippen LogP contribution in [0.2, 0.25) is 0 Å². The molecule has 0 bridgehead atoms. The molecule has 7 heteroatoms. The zero-order valence-electron chi connectivity index (χ0n) is 10.8. The summed E-state index contributed by atoms with van der Waals surface area (Å²) in [5, 5.41) is 5.79. The fourth-order valence-electron chi connectivity index (χ4n) is 2.05. The summed E-state index contributed by atoms with van der Waals surface area (Å²) in [4.78, 5) is 23.6. The lowest BCUT2D eigenvalue weighted by Crippen LogP contribution is -2.46. The summed E-state index contributed by atoms with van der Waals surface area (Å²) >= 11 is 6.23. The topological polar surface area (TPSA) is 61.4 Å². The molecule has 0 saturated carbocycles. The molecule has 1 fully saturated rings. The Morgan fingerprint density at radius 1 is 1.19 bits per heavy atom. The number of anilines is 1. The number of urea groups is 1. The molecule has 1 saturated heterocycles. The second-order valence-electron chi connectivity index (χ2n) is 4.38. The number of hydrogen-bond acceptors (Lipinski definition) is 4. The van der Waals surface area contributed by atoms with Gasteiger partial charge in [-0.25, -0.2) is 15.2 Å². The molecule has 3 amide bonds. The summed E-state index contributed by atoms with van der Waals surface area (Å²) in [6.45, 7) is 0. The number of benzene rings is 2. The van der Waals surface area contributed by atoms with Gasteiger partial charge in [0.1, 0.15) is 0 Å². The Morgan fingerprint density at radius 2 is 1.95 bits per heavy atom. The molecule has 0 spiro atoms. The van der Waals surface area contributed by atoms with Gasteiger partial charge in [-0.1, -0.05) is 60.4 Å². The zero-order chi connectivity index (χ0) is 14.8. The highest BCUT2D eigenvalue weighted by molar-refractivity contribution is 8.23. The molecule has 0 atom stereocenters. The van der Waals surface area contributed by atoms with E-state index in [1.807, 2.05) is 36.4 Å². The van der Waals surface area contributed by atoms with Gasteiger partial charge in [0, 0.05) is 5.39 Å². The standard InChI is InChI=1S/C14H11N3O2S2/c18-12-8-21-14(20)17(12)16-13(19)15-11-7-3-5-9-4-1-2-6-10(9)11/h1-7H,8H2,(H2,15,16,19). The van der Waals surface area contributed by atoms with Crippen LogP contribution in [0.25, 0.3) is 10.8 Å². The third kappa shape index (κ3) is 2.84. The third-order valence-electron chi connectivity index (χ3n) is 3.00. The van der Waals surface area contributed by atoms with Gasteiger partial charge in [-0.05, 0) is 11.5 Å². The second-order valence-corrected chi connectivity index (χ2v) is 5.99. The first kappa shape index (κ1) is 13.8. The summed E-state index contributed by atoms with van der Waals surface area (Å²) in [6.07, 6.45) is 0. The minimum absolute atomic E-state index is 0.224. The normalized spacial score (nSPS) is 14.6. The first-order valence-electron chi connectivity index (χ1n) is 6.20. The molecule has 0 radical (unpaired) electrons. The SMILES string of the molecule is O=C(Nc1cccc2ccccc12)NN1C(=O)CSC1=S. The summed E-state index contributed by atoms with van der Waals surface area (Å²) in [5.74, 6) is 0.0333. The maximum Gasteiger partial charge on any atom is 0.338 e. The van der Waals surface area contributed by atoms with Crippen LogP contribution < -0.4 is 10.7 Å². The van der Waals surface area contributed by atoms with Crippen molar-refractivity contribution in [2.24, 2.45) is 0 Å². The number of fused-ring (bicyclic) bond motifs is 1. The Labute approximate surface area is 130 Å². The monoisotopic (exact) mass is 317 g/mol. The van der Waals surface area contributed by atoms with Gasteiger partial charge < -0.3 is 5.32 Å². The molecule has 1 aliphatic rings. The number of nitrogens with one attached hydrogen (secondary N) is 2. The van der Waals surface area contributed by atoms with Gasteiger partial charge in [0.25, 0.3) is 5.91 Å². The molecule has 1 aliphatic heterocycles. The van der Waals surface area contributed by atoms with Gasteiger partial charge in [0.15, 0.2) is 4.32 Å². The highest BCUT2D eigenvalue weighted by Gasteiger charge is 2.28. The predicted octanol–water partition coefficient (Wildman–Crippen LogP) is 2.74. The molecule has 3 rings (SSSR count). The van der Waals surface area contributed by atoms with Crippen molar-refractivity contribution in [2.75, 3.05) is 11.1 Å².